The van der Waals surface area contributed by atoms with Gasteiger partial charge in [0.05, 0.1) is 12.9 Å². The minimum absolute atomic E-state index is 0.0159. The van der Waals surface area contributed by atoms with Gasteiger partial charge in [0.25, 0.3) is 5.91 Å². The van der Waals surface area contributed by atoms with Gasteiger partial charge >= 0.3 is 0 Å². The number of thioether (sulfide) groups is 1. The summed E-state index contributed by atoms with van der Waals surface area (Å²) in [4.78, 5) is 27.0. The molecule has 5 nitrogen and oxygen atoms in total. The van der Waals surface area contributed by atoms with Crippen LogP contribution in [0.15, 0.2) is 66.7 Å². The van der Waals surface area contributed by atoms with Gasteiger partial charge in [0, 0.05) is 16.9 Å². The van der Waals surface area contributed by atoms with Crippen LogP contribution in [0.2, 0.25) is 0 Å². The average Bonchev–Trinajstić information content (AvgIpc) is 3.16. The first kappa shape index (κ1) is 20.9. The molecule has 3 aromatic carbocycles. The average molecular weight is 437 g/mol. The van der Waals surface area contributed by atoms with E-state index < -0.39 is 0 Å². The molecule has 0 bridgehead atoms. The van der Waals surface area contributed by atoms with Crippen molar-refractivity contribution in [2.45, 2.75) is 12.3 Å². The van der Waals surface area contributed by atoms with Crippen molar-refractivity contribution in [3.8, 4) is 5.75 Å². The third-order valence-corrected chi connectivity index (χ3v) is 6.30. The fraction of sp³-hybridized carbons (Fsp3) is 0.167. The second-order valence-electron chi connectivity index (χ2n) is 7.16. The minimum Gasteiger partial charge on any atom is -0.497 e. The third kappa shape index (κ3) is 4.41. The van der Waals surface area contributed by atoms with Crippen LogP contribution in [0.5, 0.6) is 5.75 Å². The van der Waals surface area contributed by atoms with Gasteiger partial charge in [-0.05, 0) is 72.6 Å². The van der Waals surface area contributed by atoms with Crippen molar-refractivity contribution < 1.29 is 18.7 Å². The number of nitrogens with one attached hydrogen (secondary N) is 1. The van der Waals surface area contributed by atoms with Crippen molar-refractivity contribution in [3.05, 3.63) is 89.2 Å². The predicted molar refractivity (Wildman–Crippen MR) is 121 cm³/mol. The molecule has 1 aliphatic heterocycles. The Hall–Kier alpha value is -3.32. The smallest absolute Gasteiger partial charge is 0.255 e. The van der Waals surface area contributed by atoms with E-state index >= 15 is 0 Å². The monoisotopic (exact) mass is 436 g/mol. The highest BCUT2D eigenvalue weighted by atomic mass is 32.2. The Kier molecular flexibility index (Phi) is 5.95. The van der Waals surface area contributed by atoms with Crippen molar-refractivity contribution in [2.24, 2.45) is 0 Å². The van der Waals surface area contributed by atoms with Crippen molar-refractivity contribution in [1.82, 2.24) is 0 Å². The van der Waals surface area contributed by atoms with Gasteiger partial charge in [-0.25, -0.2) is 4.39 Å². The number of benzene rings is 3. The van der Waals surface area contributed by atoms with Gasteiger partial charge in [-0.1, -0.05) is 12.1 Å². The van der Waals surface area contributed by atoms with Gasteiger partial charge in [-0.3, -0.25) is 14.5 Å². The lowest BCUT2D eigenvalue weighted by Crippen LogP contribution is -2.28. The summed E-state index contributed by atoms with van der Waals surface area (Å²) in [7, 11) is 1.59. The number of anilines is 2. The van der Waals surface area contributed by atoms with Gasteiger partial charge in [-0.2, -0.15) is 0 Å². The van der Waals surface area contributed by atoms with Crippen LogP contribution in [-0.2, 0) is 4.79 Å². The summed E-state index contributed by atoms with van der Waals surface area (Å²) in [6.45, 7) is 1.87. The zero-order valence-corrected chi connectivity index (χ0v) is 17.9. The molecule has 7 heteroatoms. The molecule has 0 aliphatic carbocycles. The number of carbonyl (C=O) groups excluding carboxylic acids is 2. The molecule has 4 rings (SSSR count). The van der Waals surface area contributed by atoms with Crippen molar-refractivity contribution in [3.63, 3.8) is 0 Å². The number of halogens is 1. The number of carbonyl (C=O) groups is 2. The van der Waals surface area contributed by atoms with E-state index in [1.54, 1.807) is 66.6 Å². The zero-order valence-electron chi connectivity index (χ0n) is 17.1. The van der Waals surface area contributed by atoms with Crippen LogP contribution in [0.3, 0.4) is 0 Å². The minimum atomic E-state index is -0.312. The van der Waals surface area contributed by atoms with Crippen molar-refractivity contribution >= 4 is 35.0 Å². The fourth-order valence-corrected chi connectivity index (χ4v) is 4.67. The molecule has 1 fully saturated rings. The molecule has 1 aliphatic rings. The quantitative estimate of drug-likeness (QED) is 0.599. The highest BCUT2D eigenvalue weighted by molar-refractivity contribution is 8.00. The Labute approximate surface area is 184 Å². The van der Waals surface area contributed by atoms with Gasteiger partial charge < -0.3 is 10.1 Å². The predicted octanol–water partition coefficient (Wildman–Crippen LogP) is 5.17. The number of aryl methyl sites for hydroxylation is 1. The Morgan fingerprint density at radius 2 is 1.81 bits per heavy atom. The maximum atomic E-state index is 13.3. The molecule has 0 radical (unpaired) electrons. The third-order valence-electron chi connectivity index (χ3n) is 5.09. The van der Waals surface area contributed by atoms with Gasteiger partial charge in [0.2, 0.25) is 5.91 Å². The Bertz CT molecular complexity index is 1120. The standard InChI is InChI=1S/C24H21FN2O3S/c1-15-13-17(23(29)26-19-8-10-20(30-2)11-9-19)5-12-21(15)27-22(28)14-31-24(27)16-3-6-18(25)7-4-16/h3-13,24H,14H2,1-2H3,(H,26,29). The molecule has 1 N–H and O–H groups in total. The molecule has 31 heavy (non-hydrogen) atoms. The van der Waals surface area contributed by atoms with Crippen molar-refractivity contribution in [2.75, 3.05) is 23.1 Å². The van der Waals surface area contributed by atoms with E-state index in [0.29, 0.717) is 22.8 Å². The second kappa shape index (κ2) is 8.81. The van der Waals surface area contributed by atoms with Crippen LogP contribution < -0.4 is 15.0 Å². The number of hydrogen-bond donors (Lipinski definition) is 1. The first-order chi connectivity index (χ1) is 15.0. The maximum Gasteiger partial charge on any atom is 0.255 e. The summed E-state index contributed by atoms with van der Waals surface area (Å²) < 4.78 is 18.4. The van der Waals surface area contributed by atoms with Crippen LogP contribution in [0.1, 0.15) is 26.9 Å². The lowest BCUT2D eigenvalue weighted by atomic mass is 10.1. The molecule has 158 valence electrons. The van der Waals surface area contributed by atoms with Gasteiger partial charge in [0.15, 0.2) is 0 Å². The first-order valence-electron chi connectivity index (χ1n) is 9.71. The molecule has 1 saturated heterocycles. The molecule has 2 amide bonds. The van der Waals surface area contributed by atoms with E-state index in [4.69, 9.17) is 4.74 Å². The van der Waals surface area contributed by atoms with Crippen LogP contribution in [-0.4, -0.2) is 24.7 Å². The zero-order chi connectivity index (χ0) is 22.0. The number of nitrogens with zero attached hydrogens (tertiary/aromatic N) is 1. The summed E-state index contributed by atoms with van der Waals surface area (Å²) in [6, 6.07) is 18.6. The Morgan fingerprint density at radius 3 is 2.45 bits per heavy atom. The molecule has 3 aromatic rings. The summed E-state index contributed by atoms with van der Waals surface area (Å²) in [6.07, 6.45) is 0. The van der Waals surface area contributed by atoms with E-state index in [1.165, 1.54) is 23.9 Å². The molecule has 1 unspecified atom stereocenters. The van der Waals surface area contributed by atoms with E-state index in [1.807, 2.05) is 6.92 Å². The molecule has 0 saturated carbocycles. The molecule has 0 spiro atoms. The first-order valence-corrected chi connectivity index (χ1v) is 10.8. The number of ether oxygens (including phenoxy) is 1. The summed E-state index contributed by atoms with van der Waals surface area (Å²) in [5.74, 6) is 0.492. The fourth-order valence-electron chi connectivity index (χ4n) is 3.50. The SMILES string of the molecule is COc1ccc(NC(=O)c2ccc(N3C(=O)CSC3c3ccc(F)cc3)c(C)c2)cc1. The van der Waals surface area contributed by atoms with Crippen LogP contribution in [0, 0.1) is 12.7 Å². The van der Waals surface area contributed by atoms with Crippen LogP contribution in [0.4, 0.5) is 15.8 Å². The largest absolute Gasteiger partial charge is 0.497 e. The van der Waals surface area contributed by atoms with Gasteiger partial charge in [0.1, 0.15) is 16.9 Å². The number of methoxy groups -OCH3 is 1. The van der Waals surface area contributed by atoms with Crippen LogP contribution >= 0.6 is 11.8 Å². The molecular weight excluding hydrogens is 415 g/mol. The summed E-state index contributed by atoms with van der Waals surface area (Å²) in [5, 5.41) is 2.63. The molecule has 0 aromatic heterocycles. The lowest BCUT2D eigenvalue weighted by Gasteiger charge is -2.26. The van der Waals surface area contributed by atoms with Gasteiger partial charge in [-0.15, -0.1) is 11.8 Å². The van der Waals surface area contributed by atoms with E-state index in [-0.39, 0.29) is 23.0 Å². The van der Waals surface area contributed by atoms with E-state index in [0.717, 1.165) is 16.8 Å². The number of amides is 2. The number of hydrogen-bond acceptors (Lipinski definition) is 4. The van der Waals surface area contributed by atoms with E-state index in [9.17, 15) is 14.0 Å². The topological polar surface area (TPSA) is 58.6 Å². The maximum absolute atomic E-state index is 13.3. The number of rotatable bonds is 5. The summed E-state index contributed by atoms with van der Waals surface area (Å²) >= 11 is 1.50. The van der Waals surface area contributed by atoms with Crippen LogP contribution in [0.25, 0.3) is 0 Å². The Balaban J connectivity index is 1.56. The highest BCUT2D eigenvalue weighted by Gasteiger charge is 2.34. The lowest BCUT2D eigenvalue weighted by molar-refractivity contribution is -0.115. The van der Waals surface area contributed by atoms with E-state index in [2.05, 4.69) is 5.32 Å². The molecular formula is C24H21FN2O3S. The molecule has 1 heterocycles. The molecule has 1 atom stereocenters. The Morgan fingerprint density at radius 1 is 1.10 bits per heavy atom. The van der Waals surface area contributed by atoms with Crippen molar-refractivity contribution in [1.29, 1.82) is 0 Å². The second-order valence-corrected chi connectivity index (χ2v) is 8.23. The summed E-state index contributed by atoms with van der Waals surface area (Å²) in [5.41, 5.74) is 3.57. The normalized spacial score (nSPS) is 15.8. The highest BCUT2D eigenvalue weighted by Crippen LogP contribution is 2.42.